The lowest BCUT2D eigenvalue weighted by molar-refractivity contribution is -0.378. The maximum atomic E-state index is 16.1. The third-order valence-corrected chi connectivity index (χ3v) is 14.1. The maximum Gasteiger partial charge on any atom is 0.381 e. The number of halogens is 24. The van der Waals surface area contributed by atoms with Crippen LogP contribution < -0.4 is 14.2 Å². The van der Waals surface area contributed by atoms with Crippen molar-refractivity contribution in [2.45, 2.75) is 102 Å². The summed E-state index contributed by atoms with van der Waals surface area (Å²) in [7, 11) is 0. The predicted molar refractivity (Wildman–Crippen MR) is 244 cm³/mol. The average molecular weight is 1220 g/mol. The first-order chi connectivity index (χ1) is 38.5. The number of alkyl halides is 8. The van der Waals surface area contributed by atoms with Crippen LogP contribution in [0.15, 0.2) is 48.5 Å². The summed E-state index contributed by atoms with van der Waals surface area (Å²) in [5.41, 5.74) is -18.6. The van der Waals surface area contributed by atoms with Crippen LogP contribution in [0.25, 0.3) is 22.3 Å². The zero-order valence-electron chi connectivity index (χ0n) is 42.9. The zero-order valence-corrected chi connectivity index (χ0v) is 42.9. The summed E-state index contributed by atoms with van der Waals surface area (Å²) in [4.78, 5) is 0. The Morgan fingerprint density at radius 1 is 0.386 bits per heavy atom. The van der Waals surface area contributed by atoms with Crippen LogP contribution in [0.5, 0.6) is 23.0 Å². The minimum atomic E-state index is -7.61. The molecular formula is C55H38F24O4. The second kappa shape index (κ2) is 22.5. The molecule has 450 valence electrons. The molecule has 6 aromatic carbocycles. The third kappa shape index (κ3) is 10.4. The molecule has 1 aliphatic rings. The molecule has 6 aromatic rings. The SMILES string of the molecule is CCC(CC)(Oc1ccc(C)cc1)c1c(F)c(F)c(-c2c(F)c(F)c(OCC(F)(F)C(F)(F)C(F)(F)C(F)(F)COC(CC)(c3c(F)c(F)c(-c4c(F)c(F)c(Oc5ccc(C)cc5)c(F)c4F)c(F)c3F)C3CC3)c(F)c2F)c(F)c1F. The van der Waals surface area contributed by atoms with Gasteiger partial charge in [-0.1, -0.05) is 56.2 Å². The van der Waals surface area contributed by atoms with Crippen molar-refractivity contribution in [2.75, 3.05) is 13.2 Å². The average Bonchev–Trinajstić information content (AvgIpc) is 3.30. The summed E-state index contributed by atoms with van der Waals surface area (Å²) >= 11 is 0. The molecule has 0 N–H and O–H groups in total. The highest BCUT2D eigenvalue weighted by Gasteiger charge is 2.81. The van der Waals surface area contributed by atoms with Gasteiger partial charge in [0, 0.05) is 0 Å². The van der Waals surface area contributed by atoms with Crippen LogP contribution in [0.4, 0.5) is 105 Å². The van der Waals surface area contributed by atoms with Crippen molar-refractivity contribution in [3.63, 3.8) is 0 Å². The molecule has 0 aliphatic heterocycles. The van der Waals surface area contributed by atoms with Crippen LogP contribution in [-0.2, 0) is 15.9 Å². The molecule has 1 aliphatic carbocycles. The second-order valence-corrected chi connectivity index (χ2v) is 19.1. The molecule has 1 saturated carbocycles. The van der Waals surface area contributed by atoms with E-state index in [1.54, 1.807) is 13.8 Å². The van der Waals surface area contributed by atoms with Crippen molar-refractivity contribution in [1.82, 2.24) is 0 Å². The van der Waals surface area contributed by atoms with Crippen molar-refractivity contribution in [2.24, 2.45) is 5.92 Å². The molecule has 1 atom stereocenters. The van der Waals surface area contributed by atoms with E-state index in [4.69, 9.17) is 9.47 Å². The first-order valence-corrected chi connectivity index (χ1v) is 24.2. The van der Waals surface area contributed by atoms with Crippen LogP contribution in [0.1, 0.15) is 75.1 Å². The smallest absolute Gasteiger partial charge is 0.381 e. The fourth-order valence-corrected chi connectivity index (χ4v) is 9.24. The van der Waals surface area contributed by atoms with Gasteiger partial charge in [-0.25, -0.2) is 52.7 Å². The van der Waals surface area contributed by atoms with Crippen molar-refractivity contribution in [3.05, 3.63) is 164 Å². The van der Waals surface area contributed by atoms with Gasteiger partial charge in [-0.05, 0) is 76.1 Å². The van der Waals surface area contributed by atoms with Crippen molar-refractivity contribution in [3.8, 4) is 45.3 Å². The predicted octanol–water partition coefficient (Wildman–Crippen LogP) is 18.4. The summed E-state index contributed by atoms with van der Waals surface area (Å²) in [5, 5.41) is 0. The monoisotopic (exact) mass is 1220 g/mol. The van der Waals surface area contributed by atoms with Gasteiger partial charge in [0.1, 0.15) is 29.3 Å². The molecule has 7 rings (SSSR count). The van der Waals surface area contributed by atoms with Gasteiger partial charge in [0.05, 0.1) is 33.4 Å². The Hall–Kier alpha value is -7.00. The lowest BCUT2D eigenvalue weighted by Gasteiger charge is -2.40. The largest absolute Gasteiger partial charge is 0.482 e. The van der Waals surface area contributed by atoms with E-state index < -0.39 is 230 Å². The Morgan fingerprint density at radius 3 is 1.06 bits per heavy atom. The second-order valence-electron chi connectivity index (χ2n) is 19.1. The minimum Gasteiger partial charge on any atom is -0.482 e. The summed E-state index contributed by atoms with van der Waals surface area (Å²) in [6, 6.07) is 10.1. The fraction of sp³-hybridized carbons (Fsp3) is 0.345. The first kappa shape index (κ1) is 63.6. The van der Waals surface area contributed by atoms with Crippen molar-refractivity contribution < 1.29 is 124 Å². The standard InChI is InChI=1S/C55H38F24O4/c1-6-50(7-2,83-25-17-11-22(5)12-18-25)30-40(64)32(56)26(33(57)41(30)65)28-36(60)44(68)48(45(69)37(28)61)80-19-52(72,73)54(76,77)55(78,79)53(74,75)20-81-51(8-3,23-13-14-23)31-42(66)34(58)27(35(59)43(31)67)29-38(62)46(70)49(47(71)39(29)63)82-24-15-9-21(4)10-16-24/h9-12,15-18,23H,6-8,13-14,19-20H2,1-5H3. The summed E-state index contributed by atoms with van der Waals surface area (Å²) in [5.74, 6) is -81.5. The van der Waals surface area contributed by atoms with E-state index in [1.165, 1.54) is 50.2 Å². The van der Waals surface area contributed by atoms with Gasteiger partial charge in [0.15, 0.2) is 82.2 Å². The third-order valence-electron chi connectivity index (χ3n) is 14.1. The molecule has 83 heavy (non-hydrogen) atoms. The topological polar surface area (TPSA) is 36.9 Å². The lowest BCUT2D eigenvalue weighted by Crippen LogP contribution is -2.65. The number of rotatable bonds is 21. The molecule has 0 radical (unpaired) electrons. The quantitative estimate of drug-likeness (QED) is 0.0532. The number of hydrogen-bond donors (Lipinski definition) is 0. The van der Waals surface area contributed by atoms with Crippen molar-refractivity contribution in [1.29, 1.82) is 0 Å². The van der Waals surface area contributed by atoms with Gasteiger partial charge >= 0.3 is 23.7 Å². The van der Waals surface area contributed by atoms with Crippen LogP contribution in [0.3, 0.4) is 0 Å². The fourth-order valence-electron chi connectivity index (χ4n) is 9.24. The van der Waals surface area contributed by atoms with E-state index in [0.29, 0.717) is 18.1 Å². The van der Waals surface area contributed by atoms with Crippen LogP contribution in [0, 0.1) is 113 Å². The Kier molecular flexibility index (Phi) is 17.3. The highest BCUT2D eigenvalue weighted by molar-refractivity contribution is 5.70. The molecule has 1 unspecified atom stereocenters. The molecule has 0 heterocycles. The molecule has 4 nitrogen and oxygen atoms in total. The minimum absolute atomic E-state index is 0.126. The highest BCUT2D eigenvalue weighted by Crippen LogP contribution is 2.57. The molecule has 1 fully saturated rings. The van der Waals surface area contributed by atoms with E-state index in [2.05, 4.69) is 9.47 Å². The molecule has 0 amide bonds. The van der Waals surface area contributed by atoms with Crippen LogP contribution >= 0.6 is 0 Å². The van der Waals surface area contributed by atoms with Crippen molar-refractivity contribution >= 4 is 0 Å². The number of benzene rings is 6. The van der Waals surface area contributed by atoms with Crippen LogP contribution in [0.2, 0.25) is 0 Å². The summed E-state index contributed by atoms with van der Waals surface area (Å²) in [6.07, 6.45) is -3.23. The first-order valence-electron chi connectivity index (χ1n) is 24.2. The molecule has 0 spiro atoms. The zero-order chi connectivity index (χ0) is 62.2. The van der Waals surface area contributed by atoms with E-state index in [-0.39, 0.29) is 5.75 Å². The molecule has 0 bridgehead atoms. The molecular weight excluding hydrogens is 1180 g/mol. The molecule has 28 heteroatoms. The molecule has 0 saturated heterocycles. The van der Waals surface area contributed by atoms with Gasteiger partial charge in [0.2, 0.25) is 29.0 Å². The van der Waals surface area contributed by atoms with E-state index in [9.17, 15) is 0 Å². The Morgan fingerprint density at radius 2 is 0.711 bits per heavy atom. The Balaban J connectivity index is 1.17. The van der Waals surface area contributed by atoms with E-state index in [0.717, 1.165) is 12.1 Å². The summed E-state index contributed by atoms with van der Waals surface area (Å²) < 4.78 is 392. The molecule has 0 aromatic heterocycles. The number of aryl methyl sites for hydroxylation is 2. The Bertz CT molecular complexity index is 3370. The van der Waals surface area contributed by atoms with E-state index in [1.807, 2.05) is 0 Å². The van der Waals surface area contributed by atoms with Gasteiger partial charge in [-0.2, -0.15) is 52.7 Å². The number of ether oxygens (including phenoxy) is 4. The van der Waals surface area contributed by atoms with Gasteiger partial charge in [0.25, 0.3) is 0 Å². The van der Waals surface area contributed by atoms with E-state index >= 15 is 105 Å². The Labute approximate surface area is 453 Å². The maximum absolute atomic E-state index is 16.1. The van der Waals surface area contributed by atoms with Gasteiger partial charge in [-0.3, -0.25) is 0 Å². The number of hydrogen-bond acceptors (Lipinski definition) is 4. The summed E-state index contributed by atoms with van der Waals surface area (Å²) in [6.45, 7) is -0.743. The van der Waals surface area contributed by atoms with Gasteiger partial charge < -0.3 is 18.9 Å². The normalized spacial score (nSPS) is 14.3. The van der Waals surface area contributed by atoms with Gasteiger partial charge in [-0.15, -0.1) is 0 Å². The highest BCUT2D eigenvalue weighted by atomic mass is 19.4. The lowest BCUT2D eigenvalue weighted by atomic mass is 9.83. The van der Waals surface area contributed by atoms with Crippen LogP contribution in [-0.4, -0.2) is 36.9 Å².